The van der Waals surface area contributed by atoms with Gasteiger partial charge in [-0.1, -0.05) is 6.92 Å². The van der Waals surface area contributed by atoms with Gasteiger partial charge in [-0.15, -0.1) is 0 Å². The summed E-state index contributed by atoms with van der Waals surface area (Å²) in [5, 5.41) is 9.81. The summed E-state index contributed by atoms with van der Waals surface area (Å²) in [6.07, 6.45) is -0.128. The fourth-order valence-electron chi connectivity index (χ4n) is 1.75. The van der Waals surface area contributed by atoms with Crippen molar-refractivity contribution in [3.05, 3.63) is 29.1 Å². The summed E-state index contributed by atoms with van der Waals surface area (Å²) < 4.78 is 18.6. The van der Waals surface area contributed by atoms with Gasteiger partial charge in [0.1, 0.15) is 23.8 Å². The lowest BCUT2D eigenvalue weighted by Gasteiger charge is -2.10. The van der Waals surface area contributed by atoms with Crippen LogP contribution in [0.5, 0.6) is 5.75 Å². The zero-order chi connectivity index (χ0) is 10.3. The van der Waals surface area contributed by atoms with Crippen LogP contribution in [0.4, 0.5) is 4.39 Å². The summed E-state index contributed by atoms with van der Waals surface area (Å²) in [5.41, 5.74) is 1.25. The van der Waals surface area contributed by atoms with Crippen molar-refractivity contribution in [3.63, 3.8) is 0 Å². The normalized spacial score (nSPS) is 24.6. The van der Waals surface area contributed by atoms with Crippen LogP contribution < -0.4 is 4.74 Å². The smallest absolute Gasteiger partial charge is 0.129 e. The fourth-order valence-corrected chi connectivity index (χ4v) is 1.75. The molecule has 2 unspecified atom stereocenters. The Morgan fingerprint density at radius 3 is 2.86 bits per heavy atom. The van der Waals surface area contributed by atoms with E-state index in [0.717, 1.165) is 6.42 Å². The van der Waals surface area contributed by atoms with Gasteiger partial charge in [0, 0.05) is 11.6 Å². The zero-order valence-electron chi connectivity index (χ0n) is 8.25. The quantitative estimate of drug-likeness (QED) is 0.747. The average Bonchev–Trinajstić information content (AvgIpc) is 2.45. The molecule has 0 fully saturated rings. The van der Waals surface area contributed by atoms with Crippen molar-refractivity contribution < 1.29 is 14.2 Å². The molecule has 0 saturated heterocycles. The predicted octanol–water partition coefficient (Wildman–Crippen LogP) is 2.34. The Morgan fingerprint density at radius 2 is 2.21 bits per heavy atom. The first-order chi connectivity index (χ1) is 6.63. The highest BCUT2D eigenvalue weighted by molar-refractivity contribution is 5.42. The third kappa shape index (κ3) is 1.28. The summed E-state index contributed by atoms with van der Waals surface area (Å²) >= 11 is 0. The Morgan fingerprint density at radius 1 is 1.50 bits per heavy atom. The molecule has 1 aromatic carbocycles. The van der Waals surface area contributed by atoms with E-state index in [1.54, 1.807) is 13.0 Å². The van der Waals surface area contributed by atoms with E-state index in [-0.39, 0.29) is 11.9 Å². The molecular weight excluding hydrogens is 183 g/mol. The largest absolute Gasteiger partial charge is 0.487 e. The Hall–Kier alpha value is -1.09. The third-order valence-electron chi connectivity index (χ3n) is 2.64. The summed E-state index contributed by atoms with van der Waals surface area (Å²) in [4.78, 5) is 0. The highest BCUT2D eigenvalue weighted by atomic mass is 19.1. The van der Waals surface area contributed by atoms with Gasteiger partial charge in [-0.05, 0) is 25.0 Å². The lowest BCUT2D eigenvalue weighted by molar-refractivity contribution is 0.0653. The van der Waals surface area contributed by atoms with Crippen molar-refractivity contribution in [3.8, 4) is 5.75 Å². The lowest BCUT2D eigenvalue weighted by Crippen LogP contribution is -2.16. The van der Waals surface area contributed by atoms with Crippen molar-refractivity contribution in [2.45, 2.75) is 32.5 Å². The first kappa shape index (κ1) is 9.46. The maximum absolute atomic E-state index is 13.2. The van der Waals surface area contributed by atoms with Gasteiger partial charge in [-0.3, -0.25) is 0 Å². The molecule has 0 aliphatic carbocycles. The molecule has 0 radical (unpaired) electrons. The lowest BCUT2D eigenvalue weighted by atomic mass is 10.0. The number of benzene rings is 1. The Labute approximate surface area is 82.3 Å². The zero-order valence-corrected chi connectivity index (χ0v) is 8.25. The van der Waals surface area contributed by atoms with Gasteiger partial charge < -0.3 is 9.84 Å². The molecule has 0 saturated carbocycles. The van der Waals surface area contributed by atoms with Crippen LogP contribution >= 0.6 is 0 Å². The molecule has 3 heteroatoms. The highest BCUT2D eigenvalue weighted by Crippen LogP contribution is 2.38. The van der Waals surface area contributed by atoms with Gasteiger partial charge in [0.15, 0.2) is 0 Å². The molecule has 1 heterocycles. The van der Waals surface area contributed by atoms with E-state index in [2.05, 4.69) is 0 Å². The van der Waals surface area contributed by atoms with E-state index in [1.165, 1.54) is 6.07 Å². The van der Waals surface area contributed by atoms with Crippen molar-refractivity contribution in [2.24, 2.45) is 0 Å². The minimum Gasteiger partial charge on any atom is -0.487 e. The SMILES string of the molecule is CCC1Oc2cc(F)c(C)cc2C1O. The highest BCUT2D eigenvalue weighted by Gasteiger charge is 2.32. The monoisotopic (exact) mass is 196 g/mol. The predicted molar refractivity (Wildman–Crippen MR) is 50.8 cm³/mol. The molecule has 0 bridgehead atoms. The Kier molecular flexibility index (Phi) is 2.19. The fraction of sp³-hybridized carbons (Fsp3) is 0.455. The summed E-state index contributed by atoms with van der Waals surface area (Å²) in [6, 6.07) is 3.01. The minimum atomic E-state index is -0.616. The number of aliphatic hydroxyl groups excluding tert-OH is 1. The van der Waals surface area contributed by atoms with Crippen molar-refractivity contribution in [1.82, 2.24) is 0 Å². The van der Waals surface area contributed by atoms with E-state index < -0.39 is 6.10 Å². The molecule has 14 heavy (non-hydrogen) atoms. The van der Waals surface area contributed by atoms with E-state index in [4.69, 9.17) is 4.74 Å². The second-order valence-corrected chi connectivity index (χ2v) is 3.65. The molecule has 2 nitrogen and oxygen atoms in total. The van der Waals surface area contributed by atoms with Gasteiger partial charge in [0.25, 0.3) is 0 Å². The summed E-state index contributed by atoms with van der Waals surface area (Å²) in [5.74, 6) is 0.195. The van der Waals surface area contributed by atoms with E-state index in [9.17, 15) is 9.50 Å². The van der Waals surface area contributed by atoms with Gasteiger partial charge in [-0.2, -0.15) is 0 Å². The first-order valence-corrected chi connectivity index (χ1v) is 4.78. The molecule has 2 rings (SSSR count). The van der Waals surface area contributed by atoms with Crippen molar-refractivity contribution in [2.75, 3.05) is 0 Å². The molecule has 0 aromatic heterocycles. The van der Waals surface area contributed by atoms with Crippen LogP contribution in [0.15, 0.2) is 12.1 Å². The number of aliphatic hydroxyl groups is 1. The van der Waals surface area contributed by atoms with Crippen LogP contribution in [0.3, 0.4) is 0 Å². The molecule has 0 spiro atoms. The van der Waals surface area contributed by atoms with E-state index in [1.807, 2.05) is 6.92 Å². The van der Waals surface area contributed by atoms with E-state index >= 15 is 0 Å². The van der Waals surface area contributed by atoms with Crippen molar-refractivity contribution in [1.29, 1.82) is 0 Å². The standard InChI is InChI=1S/C11H13FO2/c1-3-9-11(13)7-4-6(2)8(12)5-10(7)14-9/h4-5,9,11,13H,3H2,1-2H3. The molecule has 76 valence electrons. The van der Waals surface area contributed by atoms with E-state index in [0.29, 0.717) is 16.9 Å². The average molecular weight is 196 g/mol. The molecule has 1 aliphatic heterocycles. The number of aryl methyl sites for hydroxylation is 1. The number of halogens is 1. The maximum Gasteiger partial charge on any atom is 0.129 e. The number of rotatable bonds is 1. The molecule has 0 amide bonds. The second-order valence-electron chi connectivity index (χ2n) is 3.65. The van der Waals surface area contributed by atoms with Gasteiger partial charge >= 0.3 is 0 Å². The molecule has 1 aliphatic rings. The number of hydrogen-bond acceptors (Lipinski definition) is 2. The van der Waals surface area contributed by atoms with Crippen LogP contribution in [0.25, 0.3) is 0 Å². The molecule has 2 atom stereocenters. The summed E-state index contributed by atoms with van der Waals surface area (Å²) in [7, 11) is 0. The third-order valence-corrected chi connectivity index (χ3v) is 2.64. The van der Waals surface area contributed by atoms with Gasteiger partial charge in [-0.25, -0.2) is 4.39 Å². The summed E-state index contributed by atoms with van der Waals surface area (Å²) in [6.45, 7) is 3.62. The Balaban J connectivity index is 2.44. The van der Waals surface area contributed by atoms with Gasteiger partial charge in [0.2, 0.25) is 0 Å². The molecule has 1 N–H and O–H groups in total. The topological polar surface area (TPSA) is 29.5 Å². The van der Waals surface area contributed by atoms with Crippen molar-refractivity contribution >= 4 is 0 Å². The van der Waals surface area contributed by atoms with Crippen LogP contribution in [0.2, 0.25) is 0 Å². The number of hydrogen-bond donors (Lipinski definition) is 1. The number of ether oxygens (including phenoxy) is 1. The number of fused-ring (bicyclic) bond motifs is 1. The molecule has 1 aromatic rings. The van der Waals surface area contributed by atoms with Crippen LogP contribution in [-0.4, -0.2) is 11.2 Å². The molecular formula is C11H13FO2. The van der Waals surface area contributed by atoms with Crippen LogP contribution in [0, 0.1) is 12.7 Å². The first-order valence-electron chi connectivity index (χ1n) is 4.78. The second kappa shape index (κ2) is 3.24. The van der Waals surface area contributed by atoms with Crippen LogP contribution in [-0.2, 0) is 0 Å². The maximum atomic E-state index is 13.2. The van der Waals surface area contributed by atoms with Gasteiger partial charge in [0.05, 0.1) is 0 Å². The van der Waals surface area contributed by atoms with Crippen LogP contribution in [0.1, 0.15) is 30.6 Å². The minimum absolute atomic E-state index is 0.230. The Bertz CT molecular complexity index is 363.